The van der Waals surface area contributed by atoms with Crippen molar-refractivity contribution in [1.29, 1.82) is 0 Å². The Hall–Kier alpha value is -1.95. The van der Waals surface area contributed by atoms with Crippen LogP contribution in [0.4, 0.5) is 10.1 Å². The molecule has 0 aromatic heterocycles. The van der Waals surface area contributed by atoms with Crippen LogP contribution in [0.1, 0.15) is 17.3 Å². The monoisotopic (exact) mass is 298 g/mol. The smallest absolute Gasteiger partial charge is 0.299 e. The summed E-state index contributed by atoms with van der Waals surface area (Å²) in [5, 5.41) is -0.233. The average Bonchev–Trinajstić information content (AvgIpc) is 2.64. The largest absolute Gasteiger partial charge is 0.344 e. The molecule has 1 heterocycles. The Kier molecular flexibility index (Phi) is 3.76. The number of likely N-dealkylation sites (N-methyl/N-ethyl adjacent to an activating group) is 1. The van der Waals surface area contributed by atoms with Gasteiger partial charge in [-0.15, -0.1) is 0 Å². The van der Waals surface area contributed by atoms with Crippen molar-refractivity contribution in [2.75, 3.05) is 25.0 Å². The van der Waals surface area contributed by atoms with Crippen LogP contribution >= 0.6 is 11.6 Å². The summed E-state index contributed by atoms with van der Waals surface area (Å²) < 4.78 is 13.5. The molecule has 0 saturated heterocycles. The van der Waals surface area contributed by atoms with Gasteiger partial charge in [-0.3, -0.25) is 19.3 Å². The third-order valence-corrected chi connectivity index (χ3v) is 3.50. The molecular weight excluding hydrogens is 287 g/mol. The molecule has 0 saturated carbocycles. The number of anilines is 1. The minimum absolute atomic E-state index is 0.0216. The number of Topliss-reactive ketones (excluding diaryl/α,β-unsaturated/α-hetero) is 1. The van der Waals surface area contributed by atoms with Gasteiger partial charge in [-0.1, -0.05) is 11.6 Å². The Labute approximate surface area is 119 Å². The average molecular weight is 299 g/mol. The van der Waals surface area contributed by atoms with Crippen molar-refractivity contribution in [2.24, 2.45) is 0 Å². The van der Waals surface area contributed by atoms with Gasteiger partial charge in [-0.25, -0.2) is 4.39 Å². The minimum atomic E-state index is -0.848. The summed E-state index contributed by atoms with van der Waals surface area (Å²) in [6.45, 7) is 1.95. The number of fused-ring (bicyclic) bond motifs is 1. The topological polar surface area (TPSA) is 57.7 Å². The van der Waals surface area contributed by atoms with Crippen molar-refractivity contribution in [3.8, 4) is 0 Å². The van der Waals surface area contributed by atoms with Crippen LogP contribution in [0.5, 0.6) is 0 Å². The second-order valence-corrected chi connectivity index (χ2v) is 4.82. The molecule has 0 atom stereocenters. The predicted molar refractivity (Wildman–Crippen MR) is 71.4 cm³/mol. The maximum atomic E-state index is 13.5. The van der Waals surface area contributed by atoms with Gasteiger partial charge in [0, 0.05) is 13.6 Å². The van der Waals surface area contributed by atoms with E-state index in [1.807, 2.05) is 0 Å². The fourth-order valence-electron chi connectivity index (χ4n) is 1.88. The standard InChI is InChI=1S/C13H12ClFN2O3/c1-3-16(2)11(18)6-17-10-5-9(15)8(14)4-7(10)12(19)13(17)20/h4-5H,3,6H2,1-2H3. The van der Waals surface area contributed by atoms with E-state index < -0.39 is 17.5 Å². The first-order chi connectivity index (χ1) is 9.36. The minimum Gasteiger partial charge on any atom is -0.344 e. The summed E-state index contributed by atoms with van der Waals surface area (Å²) in [5.41, 5.74) is 0.105. The number of amides is 2. The second kappa shape index (κ2) is 5.20. The molecule has 2 amide bonds. The summed E-state index contributed by atoms with van der Waals surface area (Å²) in [7, 11) is 1.58. The third-order valence-electron chi connectivity index (χ3n) is 3.21. The predicted octanol–water partition coefficient (Wildman–Crippen LogP) is 1.49. The van der Waals surface area contributed by atoms with E-state index in [-0.39, 0.29) is 28.7 Å². The highest BCUT2D eigenvalue weighted by Crippen LogP contribution is 2.32. The Morgan fingerprint density at radius 2 is 2.05 bits per heavy atom. The maximum Gasteiger partial charge on any atom is 0.299 e. The lowest BCUT2D eigenvalue weighted by molar-refractivity contribution is -0.129. The van der Waals surface area contributed by atoms with Crippen LogP contribution in [-0.4, -0.2) is 42.6 Å². The van der Waals surface area contributed by atoms with Crippen molar-refractivity contribution in [1.82, 2.24) is 4.90 Å². The van der Waals surface area contributed by atoms with Gasteiger partial charge >= 0.3 is 0 Å². The van der Waals surface area contributed by atoms with Crippen molar-refractivity contribution in [3.05, 3.63) is 28.5 Å². The van der Waals surface area contributed by atoms with E-state index in [4.69, 9.17) is 11.6 Å². The fraction of sp³-hybridized carbons (Fsp3) is 0.308. The number of halogens is 2. The number of hydrogen-bond acceptors (Lipinski definition) is 3. The molecular formula is C13H12ClFN2O3. The van der Waals surface area contributed by atoms with Gasteiger partial charge in [-0.05, 0) is 19.1 Å². The fourth-order valence-corrected chi connectivity index (χ4v) is 2.04. The Bertz CT molecular complexity index is 618. The normalized spacial score (nSPS) is 13.7. The van der Waals surface area contributed by atoms with Crippen molar-refractivity contribution in [2.45, 2.75) is 6.92 Å². The molecule has 0 N–H and O–H groups in total. The lowest BCUT2D eigenvalue weighted by Gasteiger charge is -2.20. The van der Waals surface area contributed by atoms with Crippen LogP contribution in [0.2, 0.25) is 5.02 Å². The van der Waals surface area contributed by atoms with Gasteiger partial charge < -0.3 is 4.90 Å². The molecule has 1 aliphatic heterocycles. The lowest BCUT2D eigenvalue weighted by Crippen LogP contribution is -2.40. The summed E-state index contributed by atoms with van der Waals surface area (Å²) in [6.07, 6.45) is 0. The van der Waals surface area contributed by atoms with Crippen LogP contribution in [0, 0.1) is 5.82 Å². The number of benzene rings is 1. The number of carbonyl (C=O) groups is 3. The molecule has 1 aromatic carbocycles. The van der Waals surface area contributed by atoms with E-state index in [1.54, 1.807) is 14.0 Å². The Balaban J connectivity index is 2.38. The van der Waals surface area contributed by atoms with Gasteiger partial charge in [0.15, 0.2) is 0 Å². The van der Waals surface area contributed by atoms with Crippen LogP contribution in [0.3, 0.4) is 0 Å². The van der Waals surface area contributed by atoms with E-state index in [0.29, 0.717) is 6.54 Å². The number of hydrogen-bond donors (Lipinski definition) is 0. The lowest BCUT2D eigenvalue weighted by atomic mass is 10.1. The maximum absolute atomic E-state index is 13.5. The van der Waals surface area contributed by atoms with E-state index >= 15 is 0 Å². The second-order valence-electron chi connectivity index (χ2n) is 4.41. The molecule has 7 heteroatoms. The number of carbonyl (C=O) groups excluding carboxylic acids is 3. The molecule has 1 aliphatic rings. The molecule has 0 aliphatic carbocycles. The van der Waals surface area contributed by atoms with Crippen molar-refractivity contribution in [3.63, 3.8) is 0 Å². The summed E-state index contributed by atoms with van der Waals surface area (Å²) >= 11 is 5.60. The van der Waals surface area contributed by atoms with Crippen LogP contribution in [-0.2, 0) is 9.59 Å². The van der Waals surface area contributed by atoms with Crippen molar-refractivity contribution < 1.29 is 18.8 Å². The number of ketones is 1. The first-order valence-electron chi connectivity index (χ1n) is 5.96. The Morgan fingerprint density at radius 3 is 2.65 bits per heavy atom. The molecule has 2 rings (SSSR count). The molecule has 20 heavy (non-hydrogen) atoms. The molecule has 0 fully saturated rings. The molecule has 5 nitrogen and oxygen atoms in total. The first-order valence-corrected chi connectivity index (χ1v) is 6.33. The highest BCUT2D eigenvalue weighted by atomic mass is 35.5. The molecule has 0 radical (unpaired) electrons. The highest BCUT2D eigenvalue weighted by Gasteiger charge is 2.38. The molecule has 1 aromatic rings. The van der Waals surface area contributed by atoms with Gasteiger partial charge in [0.25, 0.3) is 11.7 Å². The Morgan fingerprint density at radius 1 is 1.40 bits per heavy atom. The zero-order valence-corrected chi connectivity index (χ0v) is 11.7. The quantitative estimate of drug-likeness (QED) is 0.794. The molecule has 0 spiro atoms. The van der Waals surface area contributed by atoms with E-state index in [0.717, 1.165) is 17.0 Å². The summed E-state index contributed by atoms with van der Waals surface area (Å²) in [6, 6.07) is 2.11. The SMILES string of the molecule is CCN(C)C(=O)CN1C(=O)C(=O)c2cc(Cl)c(F)cc21. The van der Waals surface area contributed by atoms with Gasteiger partial charge in [0.05, 0.1) is 16.3 Å². The summed E-state index contributed by atoms with van der Waals surface area (Å²) in [5.74, 6) is -2.71. The van der Waals surface area contributed by atoms with Gasteiger partial charge in [-0.2, -0.15) is 0 Å². The van der Waals surface area contributed by atoms with Gasteiger partial charge in [0.2, 0.25) is 5.91 Å². The third kappa shape index (κ3) is 2.27. The molecule has 0 unspecified atom stereocenters. The van der Waals surface area contributed by atoms with Crippen molar-refractivity contribution >= 4 is 34.9 Å². The first kappa shape index (κ1) is 14.5. The van der Waals surface area contributed by atoms with E-state index in [2.05, 4.69) is 0 Å². The van der Waals surface area contributed by atoms with E-state index in [1.165, 1.54) is 4.90 Å². The van der Waals surface area contributed by atoms with E-state index in [9.17, 15) is 18.8 Å². The number of rotatable bonds is 3. The van der Waals surface area contributed by atoms with Gasteiger partial charge in [0.1, 0.15) is 12.4 Å². The zero-order valence-electron chi connectivity index (χ0n) is 10.9. The number of nitrogens with zero attached hydrogens (tertiary/aromatic N) is 2. The summed E-state index contributed by atoms with van der Waals surface area (Å²) in [4.78, 5) is 37.9. The van der Waals surface area contributed by atoms with Crippen LogP contribution in [0.15, 0.2) is 12.1 Å². The zero-order chi connectivity index (χ0) is 15.0. The molecule has 0 bridgehead atoms. The van der Waals surface area contributed by atoms with Crippen LogP contribution < -0.4 is 4.90 Å². The molecule has 106 valence electrons. The highest BCUT2D eigenvalue weighted by molar-refractivity contribution is 6.53. The van der Waals surface area contributed by atoms with Crippen LogP contribution in [0.25, 0.3) is 0 Å².